The van der Waals surface area contributed by atoms with Gasteiger partial charge < -0.3 is 4.90 Å². The van der Waals surface area contributed by atoms with Gasteiger partial charge in [-0.2, -0.15) is 0 Å². The third-order valence-corrected chi connectivity index (χ3v) is 11.0. The molecule has 0 N–H and O–H groups in total. The maximum atomic E-state index is 4.99. The lowest BCUT2D eigenvalue weighted by atomic mass is 10.1. The molecule has 0 saturated heterocycles. The Morgan fingerprint density at radius 2 is 1.22 bits per heavy atom. The first-order valence-electron chi connectivity index (χ1n) is 12.4. The molecule has 6 aromatic rings. The van der Waals surface area contributed by atoms with E-state index in [1.807, 2.05) is 6.20 Å². The van der Waals surface area contributed by atoms with E-state index in [1.54, 1.807) is 0 Å². The van der Waals surface area contributed by atoms with Crippen LogP contribution in [0.5, 0.6) is 0 Å². The second kappa shape index (κ2) is 7.87. The van der Waals surface area contributed by atoms with Crippen LogP contribution >= 0.6 is 0 Å². The Labute approximate surface area is 211 Å². The number of hydrogen-bond donors (Lipinski definition) is 0. The molecule has 0 unspecified atom stereocenters. The van der Waals surface area contributed by atoms with E-state index in [0.717, 1.165) is 33.4 Å². The molecule has 5 aromatic carbocycles. The van der Waals surface area contributed by atoms with E-state index >= 15 is 0 Å². The first-order chi connectivity index (χ1) is 17.6. The van der Waals surface area contributed by atoms with Crippen LogP contribution in [-0.4, -0.2) is 18.0 Å². The van der Waals surface area contributed by atoms with Gasteiger partial charge in [-0.05, 0) is 52.2 Å². The van der Waals surface area contributed by atoms with Crippen molar-refractivity contribution < 1.29 is 0 Å². The zero-order valence-corrected chi connectivity index (χ0v) is 21.3. The molecule has 4 heteroatoms. The topological polar surface area (TPSA) is 29.0 Å². The Morgan fingerprint density at radius 1 is 0.611 bits per heavy atom. The lowest BCUT2D eigenvalue weighted by molar-refractivity contribution is 1.23. The predicted molar refractivity (Wildman–Crippen MR) is 154 cm³/mol. The Bertz CT molecular complexity index is 1720. The van der Waals surface area contributed by atoms with Crippen LogP contribution in [0.15, 0.2) is 115 Å². The van der Waals surface area contributed by atoms with Gasteiger partial charge in [-0.3, -0.25) is 0 Å². The van der Waals surface area contributed by atoms with Crippen molar-refractivity contribution in [1.82, 2.24) is 9.97 Å². The number of rotatable bonds is 2. The molecule has 1 aliphatic rings. The summed E-state index contributed by atoms with van der Waals surface area (Å²) in [5, 5.41) is 6.35. The molecular weight excluding hydrogens is 454 g/mol. The van der Waals surface area contributed by atoms with Crippen LogP contribution in [0.2, 0.25) is 13.1 Å². The average Bonchev–Trinajstić information content (AvgIpc) is 2.93. The van der Waals surface area contributed by atoms with Gasteiger partial charge >= 0.3 is 0 Å². The summed E-state index contributed by atoms with van der Waals surface area (Å²) in [7, 11) is -1.78. The molecule has 0 fully saturated rings. The van der Waals surface area contributed by atoms with Gasteiger partial charge in [0.15, 0.2) is 5.82 Å². The van der Waals surface area contributed by atoms with Crippen molar-refractivity contribution in [1.29, 1.82) is 0 Å². The second-order valence-electron chi connectivity index (χ2n) is 9.96. The van der Waals surface area contributed by atoms with E-state index in [9.17, 15) is 0 Å². The molecule has 0 aliphatic carbocycles. The van der Waals surface area contributed by atoms with Gasteiger partial charge in [-0.1, -0.05) is 85.9 Å². The molecular formula is C32H25N3Si. The van der Waals surface area contributed by atoms with Crippen molar-refractivity contribution in [3.8, 4) is 11.4 Å². The highest BCUT2D eigenvalue weighted by Gasteiger charge is 2.38. The number of hydrogen-bond acceptors (Lipinski definition) is 3. The molecule has 0 bridgehead atoms. The summed E-state index contributed by atoms with van der Waals surface area (Å²) in [4.78, 5) is 12.1. The molecule has 172 valence electrons. The maximum Gasteiger partial charge on any atom is 0.159 e. The molecule has 0 atom stereocenters. The van der Waals surface area contributed by atoms with Crippen molar-refractivity contribution in [2.24, 2.45) is 0 Å². The van der Waals surface area contributed by atoms with Gasteiger partial charge in [-0.15, -0.1) is 0 Å². The van der Waals surface area contributed by atoms with E-state index in [0.29, 0.717) is 0 Å². The number of fused-ring (bicyclic) bond motifs is 5. The summed E-state index contributed by atoms with van der Waals surface area (Å²) in [6.45, 7) is 4.90. The highest BCUT2D eigenvalue weighted by atomic mass is 28.3. The van der Waals surface area contributed by atoms with Crippen molar-refractivity contribution >= 4 is 57.2 Å². The minimum absolute atomic E-state index is 0.749. The van der Waals surface area contributed by atoms with E-state index in [4.69, 9.17) is 9.97 Å². The molecule has 0 spiro atoms. The van der Waals surface area contributed by atoms with Crippen molar-refractivity contribution in [3.05, 3.63) is 115 Å². The van der Waals surface area contributed by atoms with E-state index in [1.165, 1.54) is 27.1 Å². The fourth-order valence-electron chi connectivity index (χ4n) is 5.61. The fraction of sp³-hybridized carbons (Fsp3) is 0.0625. The SMILES string of the molecule is C[Si]1(C)c2ccccc2N(c2ccc(-c3ncc4ccc5ccccc5c4n3)cc2)c2ccccc21. The van der Waals surface area contributed by atoms with Gasteiger partial charge in [0.05, 0.1) is 5.52 Å². The number of nitrogens with zero attached hydrogens (tertiary/aromatic N) is 3. The second-order valence-corrected chi connectivity index (χ2v) is 14.3. The van der Waals surface area contributed by atoms with Crippen LogP contribution < -0.4 is 15.3 Å². The molecule has 2 heterocycles. The van der Waals surface area contributed by atoms with Gasteiger partial charge in [-0.25, -0.2) is 9.97 Å². The van der Waals surface area contributed by atoms with E-state index in [2.05, 4.69) is 127 Å². The van der Waals surface area contributed by atoms with Crippen LogP contribution in [0.4, 0.5) is 17.1 Å². The monoisotopic (exact) mass is 479 g/mol. The predicted octanol–water partition coefficient (Wildman–Crippen LogP) is 7.06. The first-order valence-corrected chi connectivity index (χ1v) is 15.4. The standard InChI is InChI=1S/C32H25N3Si/c1-36(2)29-13-7-5-11-27(29)35(28-12-6-8-14-30(28)36)25-19-17-23(18-20-25)32-33-21-24-16-15-22-9-3-4-10-26(22)31(24)34-32/h3-21H,1-2H3. The van der Waals surface area contributed by atoms with E-state index in [-0.39, 0.29) is 0 Å². The minimum atomic E-state index is -1.78. The Hall–Kier alpha value is -4.28. The number of benzene rings is 5. The molecule has 7 rings (SSSR count). The van der Waals surface area contributed by atoms with Crippen molar-refractivity contribution in [2.75, 3.05) is 4.90 Å². The van der Waals surface area contributed by atoms with Gasteiger partial charge in [0.2, 0.25) is 0 Å². The van der Waals surface area contributed by atoms with Gasteiger partial charge in [0, 0.05) is 39.6 Å². The largest absolute Gasteiger partial charge is 0.311 e. The summed E-state index contributed by atoms with van der Waals surface area (Å²) in [6, 6.07) is 39.1. The molecule has 3 nitrogen and oxygen atoms in total. The summed E-state index contributed by atoms with van der Waals surface area (Å²) in [5.74, 6) is 0.749. The summed E-state index contributed by atoms with van der Waals surface area (Å²) in [6.07, 6.45) is 1.93. The highest BCUT2D eigenvalue weighted by molar-refractivity contribution is 7.02. The Morgan fingerprint density at radius 3 is 1.94 bits per heavy atom. The van der Waals surface area contributed by atoms with Gasteiger partial charge in [0.1, 0.15) is 8.07 Å². The first kappa shape index (κ1) is 21.0. The van der Waals surface area contributed by atoms with Crippen LogP contribution in [0.25, 0.3) is 33.1 Å². The normalized spacial score (nSPS) is 14.0. The van der Waals surface area contributed by atoms with Crippen LogP contribution in [0.1, 0.15) is 0 Å². The summed E-state index contributed by atoms with van der Waals surface area (Å²) in [5.41, 5.74) is 5.73. The molecule has 1 aliphatic heterocycles. The third-order valence-electron chi connectivity index (χ3n) is 7.50. The molecule has 0 saturated carbocycles. The quantitative estimate of drug-likeness (QED) is 0.197. The highest BCUT2D eigenvalue weighted by Crippen LogP contribution is 2.38. The third kappa shape index (κ3) is 3.11. The zero-order chi connectivity index (χ0) is 24.3. The van der Waals surface area contributed by atoms with Gasteiger partial charge in [0.25, 0.3) is 0 Å². The molecule has 0 amide bonds. The molecule has 1 aromatic heterocycles. The van der Waals surface area contributed by atoms with Crippen LogP contribution in [-0.2, 0) is 0 Å². The lowest BCUT2D eigenvalue weighted by Crippen LogP contribution is -2.58. The molecule has 0 radical (unpaired) electrons. The zero-order valence-electron chi connectivity index (χ0n) is 20.3. The Balaban J connectivity index is 1.34. The molecule has 36 heavy (non-hydrogen) atoms. The summed E-state index contributed by atoms with van der Waals surface area (Å²) >= 11 is 0. The van der Waals surface area contributed by atoms with E-state index < -0.39 is 8.07 Å². The number of anilines is 3. The van der Waals surface area contributed by atoms with Crippen molar-refractivity contribution in [2.45, 2.75) is 13.1 Å². The minimum Gasteiger partial charge on any atom is -0.311 e. The number of aromatic nitrogens is 2. The summed E-state index contributed by atoms with van der Waals surface area (Å²) < 4.78 is 0. The smallest absolute Gasteiger partial charge is 0.159 e. The number of para-hydroxylation sites is 2. The van der Waals surface area contributed by atoms with Crippen LogP contribution in [0, 0.1) is 0 Å². The fourth-order valence-corrected chi connectivity index (χ4v) is 8.60. The van der Waals surface area contributed by atoms with Crippen molar-refractivity contribution in [3.63, 3.8) is 0 Å². The lowest BCUT2D eigenvalue weighted by Gasteiger charge is -2.41. The maximum absolute atomic E-state index is 4.99. The van der Waals surface area contributed by atoms with Crippen LogP contribution in [0.3, 0.4) is 0 Å². The average molecular weight is 480 g/mol. The Kier molecular flexibility index (Phi) is 4.60.